The summed E-state index contributed by atoms with van der Waals surface area (Å²) in [6.45, 7) is 6.84. The fourth-order valence-electron chi connectivity index (χ4n) is 6.69. The lowest BCUT2D eigenvalue weighted by molar-refractivity contribution is 0.0291. The second-order valence-corrected chi connectivity index (χ2v) is 12.3. The first-order valence-electron chi connectivity index (χ1n) is 14.7. The van der Waals surface area contributed by atoms with E-state index in [4.69, 9.17) is 21.6 Å². The lowest BCUT2D eigenvalue weighted by Crippen LogP contribution is -2.59. The molecule has 2 aromatic rings. The second-order valence-electron chi connectivity index (χ2n) is 11.9. The summed E-state index contributed by atoms with van der Waals surface area (Å²) < 4.78 is 6.06. The summed E-state index contributed by atoms with van der Waals surface area (Å²) in [6.07, 6.45) is 11.7. The van der Waals surface area contributed by atoms with Gasteiger partial charge in [-0.25, -0.2) is 9.97 Å². The normalized spacial score (nSPS) is 25.1. The van der Waals surface area contributed by atoms with E-state index < -0.39 is 0 Å². The average molecular weight is 564 g/mol. The molecule has 3 aliphatic heterocycles. The zero-order chi connectivity index (χ0) is 27.5. The third-order valence-electron chi connectivity index (χ3n) is 9.41. The monoisotopic (exact) mass is 563 g/mol. The van der Waals surface area contributed by atoms with E-state index in [2.05, 4.69) is 36.5 Å². The Balaban J connectivity index is 0.928. The predicted molar refractivity (Wildman–Crippen MR) is 154 cm³/mol. The number of aromatic nitrogens is 2. The molecular weight excluding hydrogens is 526 g/mol. The lowest BCUT2D eigenvalue weighted by atomic mass is 9.73. The van der Waals surface area contributed by atoms with E-state index >= 15 is 0 Å². The van der Waals surface area contributed by atoms with Crippen LogP contribution in [0.1, 0.15) is 67.4 Å². The highest BCUT2D eigenvalue weighted by Gasteiger charge is 2.41. The van der Waals surface area contributed by atoms with Gasteiger partial charge in [-0.05, 0) is 82.0 Å². The average Bonchev–Trinajstić information content (AvgIpc) is 2.98. The molecule has 1 aromatic carbocycles. The van der Waals surface area contributed by atoms with Gasteiger partial charge in [-0.3, -0.25) is 4.79 Å². The zero-order valence-corrected chi connectivity index (χ0v) is 23.7. The second kappa shape index (κ2) is 11.9. The van der Waals surface area contributed by atoms with E-state index in [0.29, 0.717) is 33.5 Å². The Hall–Kier alpha value is -2.93. The number of nitrogens with one attached hydrogen (secondary N) is 2. The minimum Gasteiger partial charge on any atom is -0.490 e. The SMILES string of the molecule is N#Cc1ccc(O[C@H]2CC[C@H](NC(=O)c3cnc(N4CCC(N5CCC6(CC5)CNC6)CC4)cn3)CC2)cc1Cl. The molecule has 4 fully saturated rings. The molecule has 0 bridgehead atoms. The molecule has 10 heteroatoms. The van der Waals surface area contributed by atoms with E-state index in [-0.39, 0.29) is 18.1 Å². The molecule has 9 nitrogen and oxygen atoms in total. The number of rotatable bonds is 6. The van der Waals surface area contributed by atoms with Crippen molar-refractivity contribution in [2.24, 2.45) is 5.41 Å². The number of carbonyl (C=O) groups is 1. The molecule has 1 spiro atoms. The standard InChI is InChI=1S/C30H38ClN7O2/c31-26-15-25(4-1-21(26)16-32)40-24-5-2-22(3-6-24)36-29(39)27-17-35-28(18-34-27)38-11-7-23(8-12-38)37-13-9-30(10-14-37)19-33-20-30/h1,4,15,17-18,22-24,33H,2-3,5-14,19-20H2,(H,36,39)/t22-,24-. The molecule has 1 saturated carbocycles. The van der Waals surface area contributed by atoms with Crippen molar-refractivity contribution in [2.45, 2.75) is 69.6 Å². The van der Waals surface area contributed by atoms with E-state index in [9.17, 15) is 4.79 Å². The fourth-order valence-corrected chi connectivity index (χ4v) is 6.91. The van der Waals surface area contributed by atoms with Crippen molar-refractivity contribution in [2.75, 3.05) is 44.2 Å². The number of ether oxygens (including phenoxy) is 1. The quantitative estimate of drug-likeness (QED) is 0.547. The predicted octanol–water partition coefficient (Wildman–Crippen LogP) is 3.78. The Labute approximate surface area is 241 Å². The summed E-state index contributed by atoms with van der Waals surface area (Å²) >= 11 is 6.12. The number of hydrogen-bond acceptors (Lipinski definition) is 8. The van der Waals surface area contributed by atoms with E-state index in [1.807, 2.05) is 0 Å². The maximum absolute atomic E-state index is 12.9. The van der Waals surface area contributed by atoms with E-state index in [1.165, 1.54) is 39.0 Å². The van der Waals surface area contributed by atoms with Crippen LogP contribution in [0.2, 0.25) is 5.02 Å². The number of piperidine rings is 2. The van der Waals surface area contributed by atoms with Gasteiger partial charge in [-0.15, -0.1) is 0 Å². The summed E-state index contributed by atoms with van der Waals surface area (Å²) in [6, 6.07) is 7.95. The van der Waals surface area contributed by atoms with Crippen LogP contribution < -0.4 is 20.3 Å². The van der Waals surface area contributed by atoms with Crippen LogP contribution in [0, 0.1) is 16.7 Å². The van der Waals surface area contributed by atoms with Gasteiger partial charge in [0, 0.05) is 44.3 Å². The summed E-state index contributed by atoms with van der Waals surface area (Å²) in [5.74, 6) is 1.35. The molecule has 2 N–H and O–H groups in total. The molecule has 212 valence electrons. The van der Waals surface area contributed by atoms with Gasteiger partial charge in [0.05, 0.1) is 29.1 Å². The van der Waals surface area contributed by atoms with Crippen LogP contribution in [0.4, 0.5) is 5.82 Å². The van der Waals surface area contributed by atoms with Gasteiger partial charge < -0.3 is 25.2 Å². The lowest BCUT2D eigenvalue weighted by Gasteiger charge is -2.50. The third-order valence-corrected chi connectivity index (χ3v) is 9.72. The van der Waals surface area contributed by atoms with Gasteiger partial charge in [-0.1, -0.05) is 11.6 Å². The number of likely N-dealkylation sites (tertiary alicyclic amines) is 1. The Morgan fingerprint density at radius 2 is 1.80 bits per heavy atom. The number of amides is 1. The Kier molecular flexibility index (Phi) is 8.10. The van der Waals surface area contributed by atoms with E-state index in [1.54, 1.807) is 30.6 Å². The first-order chi connectivity index (χ1) is 19.5. The van der Waals surface area contributed by atoms with Crippen LogP contribution in [0.5, 0.6) is 5.75 Å². The van der Waals surface area contributed by atoms with Crippen LogP contribution in [-0.4, -0.2) is 78.2 Å². The molecule has 4 heterocycles. The first kappa shape index (κ1) is 27.3. The fraction of sp³-hybridized carbons (Fsp3) is 0.600. The number of benzene rings is 1. The van der Waals surface area contributed by atoms with Crippen LogP contribution in [0.25, 0.3) is 0 Å². The highest BCUT2D eigenvalue weighted by Crippen LogP contribution is 2.36. The van der Waals surface area contributed by atoms with Crippen LogP contribution in [0.15, 0.2) is 30.6 Å². The van der Waals surface area contributed by atoms with Crippen molar-refractivity contribution >= 4 is 23.3 Å². The van der Waals surface area contributed by atoms with Gasteiger partial charge >= 0.3 is 0 Å². The maximum Gasteiger partial charge on any atom is 0.271 e. The van der Waals surface area contributed by atoms with Crippen LogP contribution in [0.3, 0.4) is 0 Å². The molecule has 1 aromatic heterocycles. The number of nitrogens with zero attached hydrogens (tertiary/aromatic N) is 5. The molecule has 0 radical (unpaired) electrons. The largest absolute Gasteiger partial charge is 0.490 e. The van der Waals surface area contributed by atoms with Gasteiger partial charge in [0.1, 0.15) is 23.3 Å². The number of halogens is 1. The van der Waals surface area contributed by atoms with Crippen molar-refractivity contribution in [3.63, 3.8) is 0 Å². The van der Waals surface area contributed by atoms with Crippen molar-refractivity contribution in [1.82, 2.24) is 25.5 Å². The Bertz CT molecular complexity index is 1220. The molecule has 6 rings (SSSR count). The van der Waals surface area contributed by atoms with Gasteiger partial charge in [0.25, 0.3) is 5.91 Å². The summed E-state index contributed by atoms with van der Waals surface area (Å²) in [4.78, 5) is 26.9. The molecule has 0 atom stereocenters. The molecule has 3 saturated heterocycles. The van der Waals surface area contributed by atoms with Gasteiger partial charge in [-0.2, -0.15) is 5.26 Å². The molecule has 40 heavy (non-hydrogen) atoms. The Morgan fingerprint density at radius 1 is 1.05 bits per heavy atom. The smallest absolute Gasteiger partial charge is 0.271 e. The molecule has 0 unspecified atom stereocenters. The molecule has 4 aliphatic rings. The number of hydrogen-bond donors (Lipinski definition) is 2. The summed E-state index contributed by atoms with van der Waals surface area (Å²) in [5, 5.41) is 16.0. The van der Waals surface area contributed by atoms with Crippen molar-refractivity contribution in [3.05, 3.63) is 46.9 Å². The zero-order valence-electron chi connectivity index (χ0n) is 22.9. The molecule has 1 amide bonds. The van der Waals surface area contributed by atoms with Crippen molar-refractivity contribution < 1.29 is 9.53 Å². The Morgan fingerprint density at radius 3 is 2.40 bits per heavy atom. The molecule has 1 aliphatic carbocycles. The highest BCUT2D eigenvalue weighted by molar-refractivity contribution is 6.31. The molecular formula is C30H38ClN7O2. The number of anilines is 1. The van der Waals surface area contributed by atoms with E-state index in [0.717, 1.165) is 57.4 Å². The van der Waals surface area contributed by atoms with Crippen LogP contribution >= 0.6 is 11.6 Å². The van der Waals surface area contributed by atoms with Crippen molar-refractivity contribution in [3.8, 4) is 11.8 Å². The maximum atomic E-state index is 12.9. The van der Waals surface area contributed by atoms with Gasteiger partial charge in [0.15, 0.2) is 0 Å². The van der Waals surface area contributed by atoms with Crippen molar-refractivity contribution in [1.29, 1.82) is 5.26 Å². The number of carbonyl (C=O) groups excluding carboxylic acids is 1. The van der Waals surface area contributed by atoms with Gasteiger partial charge in [0.2, 0.25) is 0 Å². The highest BCUT2D eigenvalue weighted by atomic mass is 35.5. The third kappa shape index (κ3) is 6.04. The minimum absolute atomic E-state index is 0.0620. The summed E-state index contributed by atoms with van der Waals surface area (Å²) in [7, 11) is 0. The minimum atomic E-state index is -0.175. The van der Waals surface area contributed by atoms with Crippen LogP contribution in [-0.2, 0) is 0 Å². The first-order valence-corrected chi connectivity index (χ1v) is 15.1. The number of nitriles is 1. The topological polar surface area (TPSA) is 106 Å². The summed E-state index contributed by atoms with van der Waals surface area (Å²) in [5.41, 5.74) is 1.39.